The number of hydrogen-bond donors (Lipinski definition) is 0. The van der Waals surface area contributed by atoms with Gasteiger partial charge in [0.25, 0.3) is 0 Å². The van der Waals surface area contributed by atoms with Crippen LogP contribution in [0, 0.1) is 0 Å². The van der Waals surface area contributed by atoms with Gasteiger partial charge >= 0.3 is 0 Å². The summed E-state index contributed by atoms with van der Waals surface area (Å²) in [4.78, 5) is 0. The minimum absolute atomic E-state index is 0.356. The number of thiocarbonyl (C=S) groups is 1. The van der Waals surface area contributed by atoms with Gasteiger partial charge in [-0.05, 0) is 31.1 Å². The zero-order valence-corrected chi connectivity index (χ0v) is 8.40. The summed E-state index contributed by atoms with van der Waals surface area (Å²) in [5, 5.41) is 0.655. The summed E-state index contributed by atoms with van der Waals surface area (Å²) >= 11 is 4.95. The van der Waals surface area contributed by atoms with E-state index in [0.29, 0.717) is 11.2 Å². The van der Waals surface area contributed by atoms with Crippen LogP contribution >= 0.6 is 12.2 Å². The maximum absolute atomic E-state index is 5.48. The van der Waals surface area contributed by atoms with Crippen molar-refractivity contribution < 1.29 is 4.74 Å². The smallest absolute Gasteiger partial charge is 0.183 e. The van der Waals surface area contributed by atoms with E-state index in [0.717, 1.165) is 12.8 Å². The molecule has 0 aromatic carbocycles. The highest BCUT2D eigenvalue weighted by atomic mass is 32.1. The van der Waals surface area contributed by atoms with Gasteiger partial charge in [0, 0.05) is 6.42 Å². The Labute approximate surface area is 79.8 Å². The normalized spacial score (nSPS) is 22.4. The van der Waals surface area contributed by atoms with Crippen molar-refractivity contribution in [2.45, 2.75) is 45.1 Å². The lowest BCUT2D eigenvalue weighted by molar-refractivity contribution is 0.179. The quantitative estimate of drug-likeness (QED) is 0.490. The molecule has 2 heteroatoms. The third-order valence-corrected chi connectivity index (χ3v) is 2.30. The van der Waals surface area contributed by atoms with Gasteiger partial charge in [-0.2, -0.15) is 0 Å². The van der Waals surface area contributed by atoms with Gasteiger partial charge in [-0.15, -0.1) is 0 Å². The van der Waals surface area contributed by atoms with Crippen molar-refractivity contribution in [1.82, 2.24) is 0 Å². The molecule has 1 rings (SSSR count). The van der Waals surface area contributed by atoms with Gasteiger partial charge in [0.15, 0.2) is 5.05 Å². The maximum Gasteiger partial charge on any atom is 0.183 e. The predicted molar refractivity (Wildman–Crippen MR) is 55.4 cm³/mol. The SMILES string of the molecule is CCCCC[C@@H]1CC=CC(=S)O1. The highest BCUT2D eigenvalue weighted by molar-refractivity contribution is 7.80. The van der Waals surface area contributed by atoms with Gasteiger partial charge in [0.1, 0.15) is 6.10 Å². The lowest BCUT2D eigenvalue weighted by atomic mass is 10.1. The largest absolute Gasteiger partial charge is 0.480 e. The molecule has 1 aliphatic rings. The first-order chi connectivity index (χ1) is 5.83. The van der Waals surface area contributed by atoms with E-state index in [1.54, 1.807) is 0 Å². The molecular formula is C10H16OS. The Morgan fingerprint density at radius 2 is 2.42 bits per heavy atom. The summed E-state index contributed by atoms with van der Waals surface area (Å²) in [6, 6.07) is 0. The van der Waals surface area contributed by atoms with Crippen LogP contribution in [0.1, 0.15) is 39.0 Å². The molecule has 12 heavy (non-hydrogen) atoms. The second-order valence-corrected chi connectivity index (χ2v) is 3.60. The van der Waals surface area contributed by atoms with Gasteiger partial charge < -0.3 is 4.74 Å². The van der Waals surface area contributed by atoms with E-state index in [9.17, 15) is 0 Å². The average molecular weight is 184 g/mol. The number of unbranched alkanes of at least 4 members (excludes halogenated alkanes) is 2. The lowest BCUT2D eigenvalue weighted by Crippen LogP contribution is -2.18. The molecule has 1 nitrogen and oxygen atoms in total. The van der Waals surface area contributed by atoms with Gasteiger partial charge in [-0.25, -0.2) is 0 Å². The molecule has 0 amide bonds. The highest BCUT2D eigenvalue weighted by Crippen LogP contribution is 2.15. The van der Waals surface area contributed by atoms with Gasteiger partial charge in [-0.3, -0.25) is 0 Å². The molecule has 1 heterocycles. The van der Waals surface area contributed by atoms with E-state index in [4.69, 9.17) is 17.0 Å². The van der Waals surface area contributed by atoms with Gasteiger partial charge in [0.2, 0.25) is 0 Å². The summed E-state index contributed by atoms with van der Waals surface area (Å²) in [6.45, 7) is 2.21. The molecule has 0 aliphatic carbocycles. The molecular weight excluding hydrogens is 168 g/mol. The fraction of sp³-hybridized carbons (Fsp3) is 0.700. The Kier molecular flexibility index (Phi) is 4.30. The van der Waals surface area contributed by atoms with E-state index in [1.165, 1.54) is 19.3 Å². The molecule has 0 fully saturated rings. The van der Waals surface area contributed by atoms with Crippen molar-refractivity contribution in [3.63, 3.8) is 0 Å². The molecule has 68 valence electrons. The molecule has 0 N–H and O–H groups in total. The van der Waals surface area contributed by atoms with Gasteiger partial charge in [0.05, 0.1) is 0 Å². The number of rotatable bonds is 4. The topological polar surface area (TPSA) is 9.23 Å². The van der Waals surface area contributed by atoms with Crippen LogP contribution in [0.25, 0.3) is 0 Å². The van der Waals surface area contributed by atoms with Crippen molar-refractivity contribution in [1.29, 1.82) is 0 Å². The Balaban J connectivity index is 2.16. The molecule has 0 unspecified atom stereocenters. The first-order valence-corrected chi connectivity index (χ1v) is 5.11. The van der Waals surface area contributed by atoms with E-state index < -0.39 is 0 Å². The predicted octanol–water partition coefficient (Wildman–Crippen LogP) is 3.24. The van der Waals surface area contributed by atoms with Crippen LogP contribution in [0.15, 0.2) is 12.2 Å². The van der Waals surface area contributed by atoms with Crippen LogP contribution in [-0.4, -0.2) is 11.2 Å². The van der Waals surface area contributed by atoms with Crippen molar-refractivity contribution in [3.05, 3.63) is 12.2 Å². The molecule has 1 aliphatic heterocycles. The summed E-state index contributed by atoms with van der Waals surface area (Å²) in [6.07, 6.45) is 10.4. The Morgan fingerprint density at radius 1 is 1.58 bits per heavy atom. The van der Waals surface area contributed by atoms with Crippen molar-refractivity contribution in [2.24, 2.45) is 0 Å². The summed E-state index contributed by atoms with van der Waals surface area (Å²) < 4.78 is 5.48. The minimum atomic E-state index is 0.356. The molecule has 0 saturated heterocycles. The fourth-order valence-electron chi connectivity index (χ4n) is 1.37. The van der Waals surface area contributed by atoms with E-state index in [-0.39, 0.29) is 0 Å². The first kappa shape index (κ1) is 9.72. The second kappa shape index (κ2) is 5.31. The van der Waals surface area contributed by atoms with E-state index in [1.807, 2.05) is 6.08 Å². The Bertz CT molecular complexity index is 175. The molecule has 0 aromatic heterocycles. The monoisotopic (exact) mass is 184 g/mol. The standard InChI is InChI=1S/C10H16OS/c1-2-3-4-6-9-7-5-8-10(12)11-9/h5,8-9H,2-4,6-7H2,1H3/t9-/m1/s1. The zero-order chi connectivity index (χ0) is 8.81. The van der Waals surface area contributed by atoms with Crippen LogP contribution in [-0.2, 0) is 4.74 Å². The van der Waals surface area contributed by atoms with Crippen molar-refractivity contribution in [3.8, 4) is 0 Å². The Morgan fingerprint density at radius 3 is 3.08 bits per heavy atom. The fourth-order valence-corrected chi connectivity index (χ4v) is 1.60. The van der Waals surface area contributed by atoms with Crippen LogP contribution in [0.4, 0.5) is 0 Å². The molecule has 0 aromatic rings. The molecule has 0 radical (unpaired) electrons. The van der Waals surface area contributed by atoms with E-state index in [2.05, 4.69) is 13.0 Å². The number of hydrogen-bond acceptors (Lipinski definition) is 2. The summed E-state index contributed by atoms with van der Waals surface area (Å²) in [5.74, 6) is 0. The van der Waals surface area contributed by atoms with Crippen molar-refractivity contribution in [2.75, 3.05) is 0 Å². The minimum Gasteiger partial charge on any atom is -0.480 e. The molecule has 0 spiro atoms. The summed E-state index contributed by atoms with van der Waals surface area (Å²) in [5.41, 5.74) is 0. The Hall–Kier alpha value is -0.370. The van der Waals surface area contributed by atoms with Crippen LogP contribution in [0.5, 0.6) is 0 Å². The molecule has 0 bridgehead atoms. The van der Waals surface area contributed by atoms with E-state index >= 15 is 0 Å². The third-order valence-electron chi connectivity index (χ3n) is 2.07. The number of ether oxygens (including phenoxy) is 1. The van der Waals surface area contributed by atoms with Gasteiger partial charge in [-0.1, -0.05) is 25.8 Å². The van der Waals surface area contributed by atoms with Crippen molar-refractivity contribution >= 4 is 17.3 Å². The van der Waals surface area contributed by atoms with Crippen LogP contribution < -0.4 is 0 Å². The second-order valence-electron chi connectivity index (χ2n) is 3.19. The highest BCUT2D eigenvalue weighted by Gasteiger charge is 2.12. The third kappa shape index (κ3) is 3.35. The summed E-state index contributed by atoms with van der Waals surface area (Å²) in [7, 11) is 0. The zero-order valence-electron chi connectivity index (χ0n) is 7.58. The maximum atomic E-state index is 5.48. The molecule has 1 atom stereocenters. The van der Waals surface area contributed by atoms with Crippen LogP contribution in [0.2, 0.25) is 0 Å². The average Bonchev–Trinajstić information content (AvgIpc) is 2.05. The van der Waals surface area contributed by atoms with Crippen LogP contribution in [0.3, 0.4) is 0 Å². The lowest BCUT2D eigenvalue weighted by Gasteiger charge is -2.19. The first-order valence-electron chi connectivity index (χ1n) is 4.70. The molecule has 0 saturated carbocycles.